The van der Waals surface area contributed by atoms with Crippen LogP contribution in [0.15, 0.2) is 76.7 Å². The second-order valence-corrected chi connectivity index (χ2v) is 10.7. The molecule has 0 aromatic heterocycles. The van der Waals surface area contributed by atoms with Crippen molar-refractivity contribution in [1.29, 1.82) is 0 Å². The highest BCUT2D eigenvalue weighted by atomic mass is 32.2. The third-order valence-corrected chi connectivity index (χ3v) is 6.44. The number of methoxy groups -OCH3 is 1. The molecule has 0 saturated carbocycles. The maximum atomic E-state index is 12.6. The number of carbonyl (C=O) groups excluding carboxylic acids is 1. The summed E-state index contributed by atoms with van der Waals surface area (Å²) in [6.07, 6.45) is 1.40. The molecule has 0 saturated heterocycles. The highest BCUT2D eigenvalue weighted by Gasteiger charge is 2.19. The molecular formula is C27H30N2O6S. The third-order valence-electron chi connectivity index (χ3n) is 5.19. The summed E-state index contributed by atoms with van der Waals surface area (Å²) in [6, 6.07) is 18.5. The monoisotopic (exact) mass is 510 g/mol. The predicted molar refractivity (Wildman–Crippen MR) is 138 cm³/mol. The van der Waals surface area contributed by atoms with Crippen LogP contribution in [0.2, 0.25) is 0 Å². The first-order valence-electron chi connectivity index (χ1n) is 11.2. The maximum Gasteiger partial charge on any atom is 0.339 e. The molecule has 0 heterocycles. The maximum absolute atomic E-state index is 12.6. The Kier molecular flexibility index (Phi) is 8.37. The van der Waals surface area contributed by atoms with E-state index in [4.69, 9.17) is 13.7 Å². The lowest BCUT2D eigenvalue weighted by molar-refractivity contribution is -0.123. The van der Waals surface area contributed by atoms with Gasteiger partial charge in [0.2, 0.25) is 0 Å². The number of hydrazone groups is 1. The average molecular weight is 511 g/mol. The van der Waals surface area contributed by atoms with Gasteiger partial charge in [-0.2, -0.15) is 13.5 Å². The number of carbonyl (C=O) groups is 1. The highest BCUT2D eigenvalue weighted by molar-refractivity contribution is 7.87. The van der Waals surface area contributed by atoms with E-state index in [0.29, 0.717) is 11.3 Å². The molecular weight excluding hydrogens is 480 g/mol. The van der Waals surface area contributed by atoms with Gasteiger partial charge in [-0.3, -0.25) is 4.79 Å². The minimum atomic E-state index is -4.03. The topological polar surface area (TPSA) is 103 Å². The van der Waals surface area contributed by atoms with Crippen LogP contribution in [-0.2, 0) is 20.3 Å². The summed E-state index contributed by atoms with van der Waals surface area (Å²) < 4.78 is 41.2. The van der Waals surface area contributed by atoms with E-state index in [0.717, 1.165) is 5.56 Å². The Labute approximate surface area is 212 Å². The zero-order valence-corrected chi connectivity index (χ0v) is 21.8. The van der Waals surface area contributed by atoms with Crippen LogP contribution in [-0.4, -0.2) is 34.3 Å². The fourth-order valence-corrected chi connectivity index (χ4v) is 4.06. The Morgan fingerprint density at radius 3 is 2.25 bits per heavy atom. The van der Waals surface area contributed by atoms with Gasteiger partial charge in [-0.1, -0.05) is 50.6 Å². The molecule has 3 aromatic carbocycles. The van der Waals surface area contributed by atoms with Gasteiger partial charge in [0.05, 0.1) is 13.3 Å². The Bertz CT molecular complexity index is 1330. The van der Waals surface area contributed by atoms with E-state index >= 15 is 0 Å². The predicted octanol–water partition coefficient (Wildman–Crippen LogP) is 4.60. The van der Waals surface area contributed by atoms with E-state index in [2.05, 4.69) is 31.3 Å². The van der Waals surface area contributed by atoms with Crippen molar-refractivity contribution < 1.29 is 26.9 Å². The number of rotatable bonds is 9. The van der Waals surface area contributed by atoms with Crippen molar-refractivity contribution in [1.82, 2.24) is 5.43 Å². The van der Waals surface area contributed by atoms with Crippen molar-refractivity contribution in [2.75, 3.05) is 13.7 Å². The zero-order chi connectivity index (χ0) is 26.3. The minimum absolute atomic E-state index is 0.0325. The van der Waals surface area contributed by atoms with Gasteiger partial charge in [0.15, 0.2) is 18.1 Å². The van der Waals surface area contributed by atoms with E-state index in [1.54, 1.807) is 24.3 Å². The molecule has 0 aliphatic rings. The Balaban J connectivity index is 1.57. The van der Waals surface area contributed by atoms with E-state index in [1.165, 1.54) is 37.1 Å². The van der Waals surface area contributed by atoms with Crippen molar-refractivity contribution in [3.8, 4) is 17.2 Å². The molecule has 8 nitrogen and oxygen atoms in total. The molecule has 190 valence electrons. The second-order valence-electron chi connectivity index (χ2n) is 9.12. The Morgan fingerprint density at radius 1 is 0.972 bits per heavy atom. The second kappa shape index (κ2) is 11.3. The van der Waals surface area contributed by atoms with E-state index in [-0.39, 0.29) is 28.4 Å². The van der Waals surface area contributed by atoms with Crippen LogP contribution in [0.5, 0.6) is 17.2 Å². The summed E-state index contributed by atoms with van der Waals surface area (Å²) in [5.41, 5.74) is 5.09. The van der Waals surface area contributed by atoms with Crippen molar-refractivity contribution in [3.05, 3.63) is 83.4 Å². The minimum Gasteiger partial charge on any atom is -0.493 e. The van der Waals surface area contributed by atoms with E-state index < -0.39 is 16.0 Å². The molecule has 1 amide bonds. The summed E-state index contributed by atoms with van der Waals surface area (Å²) >= 11 is 0. The van der Waals surface area contributed by atoms with Crippen LogP contribution >= 0.6 is 0 Å². The number of hydrogen-bond donors (Lipinski definition) is 1. The third kappa shape index (κ3) is 7.32. The van der Waals surface area contributed by atoms with Gasteiger partial charge < -0.3 is 13.7 Å². The van der Waals surface area contributed by atoms with Gasteiger partial charge in [-0.25, -0.2) is 5.43 Å². The van der Waals surface area contributed by atoms with Crippen LogP contribution in [0, 0.1) is 6.92 Å². The van der Waals surface area contributed by atoms with Gasteiger partial charge in [0.1, 0.15) is 10.6 Å². The molecule has 0 unspecified atom stereocenters. The molecule has 0 radical (unpaired) electrons. The summed E-state index contributed by atoms with van der Waals surface area (Å²) in [7, 11) is -2.63. The fraction of sp³-hybridized carbons (Fsp3) is 0.259. The van der Waals surface area contributed by atoms with Crippen LogP contribution < -0.4 is 19.1 Å². The lowest BCUT2D eigenvalue weighted by Gasteiger charge is -2.19. The summed E-state index contributed by atoms with van der Waals surface area (Å²) in [6.45, 7) is 8.04. The molecule has 9 heteroatoms. The largest absolute Gasteiger partial charge is 0.493 e. The van der Waals surface area contributed by atoms with Crippen LogP contribution in [0.3, 0.4) is 0 Å². The standard InChI is InChI=1S/C27H30N2O6S/c1-19-6-13-23(14-7-19)36(31,32)35-24-15-8-20(16-25(24)33-5)17-28-29-26(30)18-34-22-11-9-21(10-12-22)27(2,3)4/h6-17H,18H2,1-5H3,(H,29,30). The summed E-state index contributed by atoms with van der Waals surface area (Å²) in [4.78, 5) is 12.1. The first-order valence-corrected chi connectivity index (χ1v) is 12.6. The van der Waals surface area contributed by atoms with Gasteiger partial charge in [-0.15, -0.1) is 0 Å². The molecule has 0 aliphatic heterocycles. The molecule has 0 bridgehead atoms. The molecule has 0 fully saturated rings. The fourth-order valence-electron chi connectivity index (χ4n) is 3.12. The molecule has 3 rings (SSSR count). The molecule has 0 aliphatic carbocycles. The number of hydrogen-bond acceptors (Lipinski definition) is 7. The lowest BCUT2D eigenvalue weighted by atomic mass is 9.87. The van der Waals surface area contributed by atoms with Crippen LogP contribution in [0.25, 0.3) is 0 Å². The van der Waals surface area contributed by atoms with Crippen molar-refractivity contribution in [2.45, 2.75) is 38.0 Å². The van der Waals surface area contributed by atoms with Gasteiger partial charge >= 0.3 is 10.1 Å². The Hall–Kier alpha value is -3.85. The molecule has 3 aromatic rings. The molecule has 0 atom stereocenters. The highest BCUT2D eigenvalue weighted by Crippen LogP contribution is 2.30. The van der Waals surface area contributed by atoms with Crippen LogP contribution in [0.1, 0.15) is 37.5 Å². The molecule has 0 spiro atoms. The van der Waals surface area contributed by atoms with Gasteiger partial charge in [0.25, 0.3) is 5.91 Å². The van der Waals surface area contributed by atoms with Crippen molar-refractivity contribution in [3.63, 3.8) is 0 Å². The van der Waals surface area contributed by atoms with Crippen molar-refractivity contribution in [2.24, 2.45) is 5.10 Å². The van der Waals surface area contributed by atoms with E-state index in [1.807, 2.05) is 31.2 Å². The molecule has 36 heavy (non-hydrogen) atoms. The van der Waals surface area contributed by atoms with Crippen LogP contribution in [0.4, 0.5) is 0 Å². The van der Waals surface area contributed by atoms with Gasteiger partial charge in [-0.05, 0) is 65.9 Å². The first kappa shape index (κ1) is 26.7. The number of ether oxygens (including phenoxy) is 2. The van der Waals surface area contributed by atoms with Gasteiger partial charge in [0, 0.05) is 0 Å². The first-order chi connectivity index (χ1) is 17.0. The molecule has 1 N–H and O–H groups in total. The quantitative estimate of drug-likeness (QED) is 0.256. The average Bonchev–Trinajstić information content (AvgIpc) is 2.83. The lowest BCUT2D eigenvalue weighted by Crippen LogP contribution is -2.24. The summed E-state index contributed by atoms with van der Waals surface area (Å²) in [5, 5.41) is 3.92. The number of nitrogens with zero attached hydrogens (tertiary/aromatic N) is 1. The number of benzene rings is 3. The number of aryl methyl sites for hydroxylation is 1. The summed E-state index contributed by atoms with van der Waals surface area (Å²) in [5.74, 6) is 0.387. The van der Waals surface area contributed by atoms with Crippen molar-refractivity contribution >= 4 is 22.2 Å². The Morgan fingerprint density at radius 2 is 1.64 bits per heavy atom. The number of nitrogens with one attached hydrogen (secondary N) is 1. The number of amides is 1. The SMILES string of the molecule is COc1cc(C=NNC(=O)COc2ccc(C(C)(C)C)cc2)ccc1OS(=O)(=O)c1ccc(C)cc1. The zero-order valence-electron chi connectivity index (χ0n) is 20.9. The smallest absolute Gasteiger partial charge is 0.339 e. The van der Waals surface area contributed by atoms with E-state index in [9.17, 15) is 13.2 Å². The normalized spacial score (nSPS) is 11.8.